The topological polar surface area (TPSA) is 45.3 Å². The zero-order valence-corrected chi connectivity index (χ0v) is 12.7. The highest BCUT2D eigenvalue weighted by Crippen LogP contribution is 2.16. The van der Waals surface area contributed by atoms with Gasteiger partial charge in [0.2, 0.25) is 0 Å². The summed E-state index contributed by atoms with van der Waals surface area (Å²) < 4.78 is 5.41. The van der Waals surface area contributed by atoms with Crippen LogP contribution < -0.4 is 5.56 Å². The summed E-state index contributed by atoms with van der Waals surface area (Å²) in [6.07, 6.45) is 1.12. The number of hydrogen-bond donors (Lipinski definition) is 1. The molecule has 1 N–H and O–H groups in total. The fourth-order valence-electron chi connectivity index (χ4n) is 3.00. The van der Waals surface area contributed by atoms with Gasteiger partial charge in [0.25, 0.3) is 5.56 Å². The van der Waals surface area contributed by atoms with E-state index in [9.17, 15) is 4.79 Å². The van der Waals surface area contributed by atoms with Gasteiger partial charge in [0, 0.05) is 30.8 Å². The van der Waals surface area contributed by atoms with Gasteiger partial charge in [-0.25, -0.2) is 0 Å². The first kappa shape index (κ1) is 14.3. The van der Waals surface area contributed by atoms with Gasteiger partial charge in [0.15, 0.2) is 0 Å². The first-order valence-corrected chi connectivity index (χ1v) is 7.50. The Kier molecular flexibility index (Phi) is 4.08. The van der Waals surface area contributed by atoms with Crippen LogP contribution in [0.4, 0.5) is 0 Å². The van der Waals surface area contributed by atoms with Gasteiger partial charge in [-0.1, -0.05) is 12.1 Å². The van der Waals surface area contributed by atoms with Gasteiger partial charge in [0.1, 0.15) is 0 Å². The van der Waals surface area contributed by atoms with Crippen molar-refractivity contribution in [2.75, 3.05) is 26.8 Å². The normalized spacial score (nSPS) is 18.7. The second kappa shape index (κ2) is 6.00. The molecule has 3 rings (SSSR count). The van der Waals surface area contributed by atoms with Gasteiger partial charge < -0.3 is 14.6 Å². The summed E-state index contributed by atoms with van der Waals surface area (Å²) >= 11 is 0. The third-order valence-corrected chi connectivity index (χ3v) is 4.11. The van der Waals surface area contributed by atoms with E-state index in [2.05, 4.69) is 29.1 Å². The Morgan fingerprint density at radius 1 is 1.38 bits per heavy atom. The molecule has 1 fully saturated rings. The lowest BCUT2D eigenvalue weighted by Gasteiger charge is -2.19. The van der Waals surface area contributed by atoms with Crippen molar-refractivity contribution in [1.29, 1.82) is 0 Å². The first-order valence-electron chi connectivity index (χ1n) is 7.50. The van der Waals surface area contributed by atoms with Gasteiger partial charge in [0.05, 0.1) is 6.61 Å². The summed E-state index contributed by atoms with van der Waals surface area (Å²) in [5, 5.41) is 1.09. The molecular weight excluding hydrogens is 264 g/mol. The maximum atomic E-state index is 12.2. The number of rotatable bonds is 4. The molecule has 1 aliphatic rings. The average molecular weight is 286 g/mol. The van der Waals surface area contributed by atoms with Crippen LogP contribution >= 0.6 is 0 Å². The molecule has 1 aromatic carbocycles. The van der Waals surface area contributed by atoms with E-state index in [4.69, 9.17) is 4.74 Å². The van der Waals surface area contributed by atoms with Crippen LogP contribution in [0.3, 0.4) is 0 Å². The van der Waals surface area contributed by atoms with Crippen molar-refractivity contribution in [3.63, 3.8) is 0 Å². The van der Waals surface area contributed by atoms with E-state index in [-0.39, 0.29) is 5.56 Å². The number of hydrogen-bond acceptors (Lipinski definition) is 3. The molecule has 0 bridgehead atoms. The molecule has 1 aromatic heterocycles. The lowest BCUT2D eigenvalue weighted by molar-refractivity contribution is 0.172. The van der Waals surface area contributed by atoms with Crippen molar-refractivity contribution in [1.82, 2.24) is 9.88 Å². The van der Waals surface area contributed by atoms with E-state index in [0.29, 0.717) is 12.5 Å². The Balaban J connectivity index is 1.78. The maximum absolute atomic E-state index is 12.2. The van der Waals surface area contributed by atoms with Gasteiger partial charge in [-0.15, -0.1) is 0 Å². The molecular formula is C17H22N2O2. The van der Waals surface area contributed by atoms with Gasteiger partial charge in [-0.2, -0.15) is 0 Å². The van der Waals surface area contributed by atoms with E-state index < -0.39 is 0 Å². The number of ether oxygens (including phenoxy) is 1. The molecule has 1 atom stereocenters. The number of fused-ring (bicyclic) bond motifs is 1. The van der Waals surface area contributed by atoms with Crippen LogP contribution in [-0.4, -0.2) is 36.7 Å². The summed E-state index contributed by atoms with van der Waals surface area (Å²) in [6, 6.07) is 8.16. The number of aromatic nitrogens is 1. The van der Waals surface area contributed by atoms with Crippen molar-refractivity contribution < 1.29 is 4.74 Å². The second-order valence-corrected chi connectivity index (χ2v) is 6.14. The van der Waals surface area contributed by atoms with Gasteiger partial charge >= 0.3 is 0 Å². The molecule has 0 amide bonds. The summed E-state index contributed by atoms with van der Waals surface area (Å²) in [5.74, 6) is 0.595. The smallest absolute Gasteiger partial charge is 0.252 e. The molecule has 1 unspecified atom stereocenters. The van der Waals surface area contributed by atoms with Crippen molar-refractivity contribution in [3.05, 3.63) is 45.7 Å². The molecule has 1 saturated heterocycles. The SMILES string of the molecule is Cc1ccc2cc(CN(C)CC3CCOC3)c(=O)[nH]c2c1. The van der Waals surface area contributed by atoms with E-state index >= 15 is 0 Å². The van der Waals surface area contributed by atoms with Crippen molar-refractivity contribution in [3.8, 4) is 0 Å². The fraction of sp³-hybridized carbons (Fsp3) is 0.471. The summed E-state index contributed by atoms with van der Waals surface area (Å²) in [6.45, 7) is 5.40. The number of benzene rings is 1. The third-order valence-electron chi connectivity index (χ3n) is 4.11. The van der Waals surface area contributed by atoms with Crippen LogP contribution in [0.2, 0.25) is 0 Å². The van der Waals surface area contributed by atoms with Crippen molar-refractivity contribution in [2.24, 2.45) is 5.92 Å². The van der Waals surface area contributed by atoms with Gasteiger partial charge in [-0.3, -0.25) is 4.79 Å². The molecule has 4 heteroatoms. The maximum Gasteiger partial charge on any atom is 0.252 e. The zero-order chi connectivity index (χ0) is 14.8. The zero-order valence-electron chi connectivity index (χ0n) is 12.7. The molecule has 2 heterocycles. The largest absolute Gasteiger partial charge is 0.381 e. The number of H-pyrrole nitrogens is 1. The summed E-state index contributed by atoms with van der Waals surface area (Å²) in [4.78, 5) is 17.4. The summed E-state index contributed by atoms with van der Waals surface area (Å²) in [7, 11) is 2.07. The first-order chi connectivity index (χ1) is 10.1. The highest BCUT2D eigenvalue weighted by Gasteiger charge is 2.18. The average Bonchev–Trinajstić information content (AvgIpc) is 2.92. The molecule has 2 aromatic rings. The molecule has 21 heavy (non-hydrogen) atoms. The number of nitrogens with one attached hydrogen (secondary N) is 1. The molecule has 0 radical (unpaired) electrons. The molecule has 4 nitrogen and oxygen atoms in total. The Morgan fingerprint density at radius 3 is 3.00 bits per heavy atom. The van der Waals surface area contributed by atoms with E-state index in [0.717, 1.165) is 48.2 Å². The Bertz CT molecular complexity index is 687. The Labute approximate surface area is 124 Å². The highest BCUT2D eigenvalue weighted by molar-refractivity contribution is 5.79. The molecule has 0 saturated carbocycles. The number of nitrogens with zero attached hydrogens (tertiary/aromatic N) is 1. The van der Waals surface area contributed by atoms with Crippen molar-refractivity contribution >= 4 is 10.9 Å². The van der Waals surface area contributed by atoms with Gasteiger partial charge in [-0.05, 0) is 49.4 Å². The minimum Gasteiger partial charge on any atom is -0.381 e. The predicted octanol–water partition coefficient (Wildman–Crippen LogP) is 2.30. The van der Waals surface area contributed by atoms with Crippen LogP contribution in [0.1, 0.15) is 17.5 Å². The van der Waals surface area contributed by atoms with Crippen molar-refractivity contribution in [2.45, 2.75) is 19.9 Å². The van der Waals surface area contributed by atoms with Crippen LogP contribution in [-0.2, 0) is 11.3 Å². The highest BCUT2D eigenvalue weighted by atomic mass is 16.5. The third kappa shape index (κ3) is 3.34. The molecule has 112 valence electrons. The lowest BCUT2D eigenvalue weighted by Crippen LogP contribution is -2.28. The van der Waals surface area contributed by atoms with Crippen LogP contribution in [0, 0.1) is 12.8 Å². The quantitative estimate of drug-likeness (QED) is 0.938. The van der Waals surface area contributed by atoms with Crippen LogP contribution in [0.15, 0.2) is 29.1 Å². The minimum absolute atomic E-state index is 0.0163. The Hall–Kier alpha value is -1.65. The lowest BCUT2D eigenvalue weighted by atomic mass is 10.1. The molecule has 0 aliphatic carbocycles. The standard InChI is InChI=1S/C17H22N2O2/c1-12-3-4-14-8-15(17(20)18-16(14)7-12)10-19(2)9-13-5-6-21-11-13/h3-4,7-8,13H,5-6,9-11H2,1-2H3,(H,18,20). The predicted molar refractivity (Wildman–Crippen MR) is 84.6 cm³/mol. The van der Waals surface area contributed by atoms with Crippen LogP contribution in [0.25, 0.3) is 10.9 Å². The monoisotopic (exact) mass is 286 g/mol. The van der Waals surface area contributed by atoms with E-state index in [1.165, 1.54) is 0 Å². The van der Waals surface area contributed by atoms with E-state index in [1.807, 2.05) is 19.1 Å². The minimum atomic E-state index is 0.0163. The number of aryl methyl sites for hydroxylation is 1. The molecule has 1 aliphatic heterocycles. The Morgan fingerprint density at radius 2 is 2.24 bits per heavy atom. The fourth-order valence-corrected chi connectivity index (χ4v) is 3.00. The number of pyridine rings is 1. The molecule has 0 spiro atoms. The summed E-state index contributed by atoms with van der Waals surface area (Å²) in [5.41, 5.74) is 2.91. The number of aromatic amines is 1. The van der Waals surface area contributed by atoms with Crippen LogP contribution in [0.5, 0.6) is 0 Å². The second-order valence-electron chi connectivity index (χ2n) is 6.14. The van der Waals surface area contributed by atoms with E-state index in [1.54, 1.807) is 0 Å².